The number of anilines is 1. The van der Waals surface area contributed by atoms with Gasteiger partial charge in [-0.25, -0.2) is 17.5 Å². The molecule has 0 spiro atoms. The van der Waals surface area contributed by atoms with E-state index in [1.807, 2.05) is 0 Å². The van der Waals surface area contributed by atoms with Crippen LogP contribution in [0.25, 0.3) is 0 Å². The average Bonchev–Trinajstić information content (AvgIpc) is 2.39. The number of hydrogen-bond donors (Lipinski definition) is 2. The van der Waals surface area contributed by atoms with Crippen molar-refractivity contribution in [3.63, 3.8) is 0 Å². The van der Waals surface area contributed by atoms with Gasteiger partial charge in [-0.3, -0.25) is 0 Å². The lowest BCUT2D eigenvalue weighted by atomic mass is 10.2. The van der Waals surface area contributed by atoms with E-state index < -0.39 is 15.8 Å². The van der Waals surface area contributed by atoms with Gasteiger partial charge in [0.15, 0.2) is 0 Å². The molecule has 0 heterocycles. The molecule has 0 saturated heterocycles. The fraction of sp³-hybridized carbons (Fsp3) is 0.0769. The molecular weight excluding hydrogens is 383 g/mol. The Morgan fingerprint density at radius 1 is 1.24 bits per heavy atom. The van der Waals surface area contributed by atoms with Crippen LogP contribution in [-0.2, 0) is 16.6 Å². The van der Waals surface area contributed by atoms with Crippen molar-refractivity contribution in [1.82, 2.24) is 4.72 Å². The van der Waals surface area contributed by atoms with Crippen molar-refractivity contribution in [3.05, 3.63) is 57.3 Å². The highest BCUT2D eigenvalue weighted by atomic mass is 79.9. The zero-order valence-corrected chi connectivity index (χ0v) is 13.8. The molecule has 8 heteroatoms. The summed E-state index contributed by atoms with van der Waals surface area (Å²) >= 11 is 9.07. The zero-order chi connectivity index (χ0) is 15.6. The highest BCUT2D eigenvalue weighted by Gasteiger charge is 2.18. The van der Waals surface area contributed by atoms with Crippen LogP contribution in [-0.4, -0.2) is 8.42 Å². The van der Waals surface area contributed by atoms with Crippen LogP contribution in [0.5, 0.6) is 0 Å². The number of rotatable bonds is 4. The molecule has 112 valence electrons. The van der Waals surface area contributed by atoms with Gasteiger partial charge in [0.1, 0.15) is 10.7 Å². The molecule has 0 aliphatic rings. The van der Waals surface area contributed by atoms with E-state index in [-0.39, 0.29) is 22.0 Å². The summed E-state index contributed by atoms with van der Waals surface area (Å²) in [5, 5.41) is 0.0113. The lowest BCUT2D eigenvalue weighted by molar-refractivity contribution is 0.574. The summed E-state index contributed by atoms with van der Waals surface area (Å²) in [5.41, 5.74) is 6.10. The maximum atomic E-state index is 13.6. The van der Waals surface area contributed by atoms with Crippen LogP contribution < -0.4 is 10.5 Å². The van der Waals surface area contributed by atoms with Gasteiger partial charge in [-0.2, -0.15) is 0 Å². The van der Waals surface area contributed by atoms with Gasteiger partial charge in [-0.1, -0.05) is 27.5 Å². The summed E-state index contributed by atoms with van der Waals surface area (Å²) in [6.07, 6.45) is 0. The van der Waals surface area contributed by atoms with E-state index in [2.05, 4.69) is 20.7 Å². The van der Waals surface area contributed by atoms with Crippen LogP contribution in [0.2, 0.25) is 5.02 Å². The first kappa shape index (κ1) is 16.2. The van der Waals surface area contributed by atoms with Gasteiger partial charge in [0.05, 0.1) is 5.02 Å². The van der Waals surface area contributed by atoms with E-state index >= 15 is 0 Å². The van der Waals surface area contributed by atoms with Crippen molar-refractivity contribution in [3.8, 4) is 0 Å². The largest absolute Gasteiger partial charge is 0.399 e. The Balaban J connectivity index is 2.24. The number of halogens is 3. The number of sulfonamides is 1. The van der Waals surface area contributed by atoms with Gasteiger partial charge >= 0.3 is 0 Å². The first-order valence-electron chi connectivity index (χ1n) is 5.78. The van der Waals surface area contributed by atoms with Gasteiger partial charge in [0.25, 0.3) is 0 Å². The topological polar surface area (TPSA) is 72.2 Å². The van der Waals surface area contributed by atoms with E-state index in [9.17, 15) is 12.8 Å². The van der Waals surface area contributed by atoms with E-state index in [0.717, 1.165) is 0 Å². The molecule has 4 nitrogen and oxygen atoms in total. The number of nitrogens with one attached hydrogen (secondary N) is 1. The molecule has 0 aliphatic heterocycles. The molecule has 0 saturated carbocycles. The summed E-state index contributed by atoms with van der Waals surface area (Å²) in [6.45, 7) is -0.186. The van der Waals surface area contributed by atoms with E-state index in [4.69, 9.17) is 17.3 Å². The van der Waals surface area contributed by atoms with Gasteiger partial charge in [0.2, 0.25) is 10.0 Å². The predicted octanol–water partition coefficient (Wildman–Crippen LogP) is 3.30. The first-order valence-corrected chi connectivity index (χ1v) is 8.43. The first-order chi connectivity index (χ1) is 9.79. The molecule has 0 fully saturated rings. The summed E-state index contributed by atoms with van der Waals surface area (Å²) in [4.78, 5) is -0.103. The standard InChI is InChI=1S/C13H11BrClFN2O2S/c14-9-1-3-12(16)8(5-9)7-18-21(19,20)13-4-2-10(17)6-11(13)15/h1-6,18H,7,17H2. The molecular formula is C13H11BrClFN2O2S. The number of nitrogens with two attached hydrogens (primary N) is 1. The Labute approximate surface area is 135 Å². The van der Waals surface area contributed by atoms with Gasteiger partial charge < -0.3 is 5.73 Å². The Kier molecular flexibility index (Phi) is 4.88. The monoisotopic (exact) mass is 392 g/mol. The quantitative estimate of drug-likeness (QED) is 0.783. The lowest BCUT2D eigenvalue weighted by Gasteiger charge is -2.10. The maximum Gasteiger partial charge on any atom is 0.242 e. The molecule has 0 unspecified atom stereocenters. The Morgan fingerprint density at radius 2 is 1.95 bits per heavy atom. The van der Waals surface area contributed by atoms with Crippen LogP contribution in [0.4, 0.5) is 10.1 Å². The Bertz CT molecular complexity index is 784. The summed E-state index contributed by atoms with van der Waals surface area (Å²) in [7, 11) is -3.85. The van der Waals surface area contributed by atoms with Crippen molar-refractivity contribution in [2.75, 3.05) is 5.73 Å². The van der Waals surface area contributed by atoms with Crippen molar-refractivity contribution >= 4 is 43.2 Å². The van der Waals surface area contributed by atoms with Crippen molar-refractivity contribution < 1.29 is 12.8 Å². The fourth-order valence-corrected chi connectivity index (χ4v) is 3.63. The minimum Gasteiger partial charge on any atom is -0.399 e. The third-order valence-electron chi connectivity index (χ3n) is 2.71. The molecule has 0 bridgehead atoms. The van der Waals surface area contributed by atoms with Crippen molar-refractivity contribution in [1.29, 1.82) is 0 Å². The molecule has 0 radical (unpaired) electrons. The highest BCUT2D eigenvalue weighted by molar-refractivity contribution is 9.10. The summed E-state index contributed by atoms with van der Waals surface area (Å²) < 4.78 is 40.9. The average molecular weight is 394 g/mol. The Morgan fingerprint density at radius 3 is 2.62 bits per heavy atom. The SMILES string of the molecule is Nc1ccc(S(=O)(=O)NCc2cc(Br)ccc2F)c(Cl)c1. The zero-order valence-electron chi connectivity index (χ0n) is 10.6. The van der Waals surface area contributed by atoms with Crippen LogP contribution >= 0.6 is 27.5 Å². The molecule has 0 atom stereocenters. The molecule has 0 aliphatic carbocycles. The molecule has 2 aromatic rings. The molecule has 0 amide bonds. The number of benzene rings is 2. The second-order valence-electron chi connectivity index (χ2n) is 4.25. The summed E-state index contributed by atoms with van der Waals surface area (Å²) in [6, 6.07) is 8.36. The van der Waals surface area contributed by atoms with Crippen LogP contribution in [0.1, 0.15) is 5.56 Å². The van der Waals surface area contributed by atoms with Gasteiger partial charge in [-0.15, -0.1) is 0 Å². The summed E-state index contributed by atoms with van der Waals surface area (Å²) in [5.74, 6) is -0.496. The molecule has 2 rings (SSSR count). The normalized spacial score (nSPS) is 11.6. The lowest BCUT2D eigenvalue weighted by Crippen LogP contribution is -2.24. The highest BCUT2D eigenvalue weighted by Crippen LogP contribution is 2.24. The van der Waals surface area contributed by atoms with Gasteiger partial charge in [-0.05, 0) is 36.4 Å². The minimum atomic E-state index is -3.85. The third kappa shape index (κ3) is 3.94. The van der Waals surface area contributed by atoms with E-state index in [0.29, 0.717) is 10.2 Å². The predicted molar refractivity (Wildman–Crippen MR) is 84.0 cm³/mol. The fourth-order valence-electron chi connectivity index (χ4n) is 1.66. The molecule has 0 aromatic heterocycles. The van der Waals surface area contributed by atoms with E-state index in [1.165, 1.54) is 36.4 Å². The van der Waals surface area contributed by atoms with Crippen LogP contribution in [0, 0.1) is 5.82 Å². The van der Waals surface area contributed by atoms with E-state index in [1.54, 1.807) is 0 Å². The van der Waals surface area contributed by atoms with Crippen molar-refractivity contribution in [2.45, 2.75) is 11.4 Å². The third-order valence-corrected chi connectivity index (χ3v) is 5.08. The molecule has 3 N–H and O–H groups in total. The second kappa shape index (κ2) is 6.31. The van der Waals surface area contributed by atoms with Crippen LogP contribution in [0.3, 0.4) is 0 Å². The number of nitrogen functional groups attached to an aromatic ring is 1. The number of hydrogen-bond acceptors (Lipinski definition) is 3. The smallest absolute Gasteiger partial charge is 0.242 e. The second-order valence-corrected chi connectivity index (χ2v) is 7.31. The van der Waals surface area contributed by atoms with Crippen LogP contribution in [0.15, 0.2) is 45.8 Å². The van der Waals surface area contributed by atoms with Gasteiger partial charge in [0, 0.05) is 22.3 Å². The maximum absolute atomic E-state index is 13.6. The Hall–Kier alpha value is -1.15. The molecule has 2 aromatic carbocycles. The minimum absolute atomic E-state index is 0.0113. The molecule has 21 heavy (non-hydrogen) atoms. The van der Waals surface area contributed by atoms with Crippen molar-refractivity contribution in [2.24, 2.45) is 0 Å².